The molecule has 1 heterocycles. The lowest BCUT2D eigenvalue weighted by atomic mass is 10.1. The minimum absolute atomic E-state index is 0.249. The van der Waals surface area contributed by atoms with E-state index in [1.165, 1.54) is 4.90 Å². The first-order valence-corrected chi connectivity index (χ1v) is 6.36. The van der Waals surface area contributed by atoms with Gasteiger partial charge in [-0.3, -0.25) is 14.5 Å². The average Bonchev–Trinajstić information content (AvgIpc) is 2.63. The molecule has 0 bridgehead atoms. The Morgan fingerprint density at radius 2 is 2.05 bits per heavy atom. The summed E-state index contributed by atoms with van der Waals surface area (Å²) in [6.45, 7) is 0.463. The highest BCUT2D eigenvalue weighted by atomic mass is 32.1. The van der Waals surface area contributed by atoms with Gasteiger partial charge in [-0.05, 0) is 24.2 Å². The number of carboxylic acids is 1. The summed E-state index contributed by atoms with van der Waals surface area (Å²) in [6.07, 6.45) is 0.439. The van der Waals surface area contributed by atoms with Crippen molar-refractivity contribution in [1.82, 2.24) is 10.2 Å². The van der Waals surface area contributed by atoms with E-state index in [9.17, 15) is 9.59 Å². The highest BCUT2D eigenvalue weighted by Gasteiger charge is 2.36. The molecule has 1 aromatic rings. The van der Waals surface area contributed by atoms with Gasteiger partial charge in [-0.15, -0.1) is 0 Å². The number of carbonyl (C=O) groups is 2. The number of carboxylic acid groups (broad SMARTS) is 1. The fourth-order valence-electron chi connectivity index (χ4n) is 1.99. The molecular formula is C13H14N2O3S. The third-order valence-corrected chi connectivity index (χ3v) is 3.29. The van der Waals surface area contributed by atoms with Crippen LogP contribution in [-0.2, 0) is 16.0 Å². The van der Waals surface area contributed by atoms with Crippen LogP contribution in [0, 0.1) is 0 Å². The topological polar surface area (TPSA) is 69.6 Å². The molecular weight excluding hydrogens is 264 g/mol. The lowest BCUT2D eigenvalue weighted by Crippen LogP contribution is -2.33. The number of benzene rings is 1. The first-order chi connectivity index (χ1) is 9.08. The predicted molar refractivity (Wildman–Crippen MR) is 73.6 cm³/mol. The van der Waals surface area contributed by atoms with E-state index in [4.69, 9.17) is 17.3 Å². The SMILES string of the molecule is O=C(O)C[C@H]1NC(=S)N(CCc2ccccc2)C1=O. The van der Waals surface area contributed by atoms with Crippen molar-refractivity contribution in [3.8, 4) is 0 Å². The molecule has 1 aliphatic rings. The van der Waals surface area contributed by atoms with Gasteiger partial charge in [-0.1, -0.05) is 30.3 Å². The highest BCUT2D eigenvalue weighted by molar-refractivity contribution is 7.80. The Kier molecular flexibility index (Phi) is 4.11. The summed E-state index contributed by atoms with van der Waals surface area (Å²) in [5.74, 6) is -1.28. The Morgan fingerprint density at radius 1 is 1.37 bits per heavy atom. The van der Waals surface area contributed by atoms with Gasteiger partial charge in [0.05, 0.1) is 6.42 Å². The first kappa shape index (κ1) is 13.5. The van der Waals surface area contributed by atoms with Gasteiger partial charge in [-0.25, -0.2) is 0 Å². The maximum Gasteiger partial charge on any atom is 0.305 e. The Morgan fingerprint density at radius 3 is 2.68 bits per heavy atom. The van der Waals surface area contributed by atoms with Crippen LogP contribution >= 0.6 is 12.2 Å². The van der Waals surface area contributed by atoms with Crippen molar-refractivity contribution in [3.63, 3.8) is 0 Å². The Labute approximate surface area is 116 Å². The van der Waals surface area contributed by atoms with Gasteiger partial charge in [-0.2, -0.15) is 0 Å². The summed E-state index contributed by atoms with van der Waals surface area (Å²) in [4.78, 5) is 24.1. The molecule has 100 valence electrons. The van der Waals surface area contributed by atoms with Crippen molar-refractivity contribution in [1.29, 1.82) is 0 Å². The summed E-state index contributed by atoms with van der Waals surface area (Å²) in [6, 6.07) is 9.02. The van der Waals surface area contributed by atoms with Crippen LogP contribution < -0.4 is 5.32 Å². The zero-order chi connectivity index (χ0) is 13.8. The van der Waals surface area contributed by atoms with Gasteiger partial charge in [0.15, 0.2) is 5.11 Å². The molecule has 1 aromatic carbocycles. The van der Waals surface area contributed by atoms with Crippen molar-refractivity contribution in [3.05, 3.63) is 35.9 Å². The van der Waals surface area contributed by atoms with Crippen LogP contribution in [0.3, 0.4) is 0 Å². The second-order valence-corrected chi connectivity index (χ2v) is 4.71. The van der Waals surface area contributed by atoms with E-state index in [-0.39, 0.29) is 12.3 Å². The number of thiocarbonyl (C=S) groups is 1. The highest BCUT2D eigenvalue weighted by Crippen LogP contribution is 2.11. The molecule has 0 saturated carbocycles. The van der Waals surface area contributed by atoms with Crippen LogP contribution in [0.25, 0.3) is 0 Å². The van der Waals surface area contributed by atoms with Gasteiger partial charge >= 0.3 is 5.97 Å². The van der Waals surface area contributed by atoms with E-state index in [0.29, 0.717) is 18.1 Å². The third-order valence-electron chi connectivity index (χ3n) is 2.95. The van der Waals surface area contributed by atoms with Crippen molar-refractivity contribution in [2.24, 2.45) is 0 Å². The molecule has 0 unspecified atom stereocenters. The van der Waals surface area contributed by atoms with Crippen LogP contribution in [0.5, 0.6) is 0 Å². The molecule has 1 fully saturated rings. The van der Waals surface area contributed by atoms with E-state index >= 15 is 0 Å². The fraction of sp³-hybridized carbons (Fsp3) is 0.308. The fourth-order valence-corrected chi connectivity index (χ4v) is 2.31. The van der Waals surface area contributed by atoms with E-state index in [1.54, 1.807) is 0 Å². The molecule has 6 heteroatoms. The van der Waals surface area contributed by atoms with Gasteiger partial charge in [0.1, 0.15) is 6.04 Å². The largest absolute Gasteiger partial charge is 0.481 e. The summed E-state index contributed by atoms with van der Waals surface area (Å²) < 4.78 is 0. The van der Waals surface area contributed by atoms with Crippen molar-refractivity contribution in [2.75, 3.05) is 6.54 Å². The number of hydrogen-bond donors (Lipinski definition) is 2. The van der Waals surface area contributed by atoms with Crippen LogP contribution in [0.15, 0.2) is 30.3 Å². The minimum Gasteiger partial charge on any atom is -0.481 e. The van der Waals surface area contributed by atoms with Crippen LogP contribution in [-0.4, -0.2) is 39.6 Å². The van der Waals surface area contributed by atoms with Gasteiger partial charge < -0.3 is 10.4 Å². The molecule has 1 amide bonds. The molecule has 0 spiro atoms. The number of hydrogen-bond acceptors (Lipinski definition) is 3. The van der Waals surface area contributed by atoms with Crippen molar-refractivity contribution in [2.45, 2.75) is 18.9 Å². The minimum atomic E-state index is -1.02. The van der Waals surface area contributed by atoms with Gasteiger partial charge in [0, 0.05) is 6.54 Å². The molecule has 19 heavy (non-hydrogen) atoms. The number of nitrogens with zero attached hydrogens (tertiary/aromatic N) is 1. The van der Waals surface area contributed by atoms with Gasteiger partial charge in [0.2, 0.25) is 0 Å². The summed E-state index contributed by atoms with van der Waals surface area (Å²) in [5, 5.41) is 11.8. The number of aliphatic carboxylic acids is 1. The molecule has 1 atom stereocenters. The normalized spacial score (nSPS) is 18.5. The number of carbonyl (C=O) groups excluding carboxylic acids is 1. The summed E-state index contributed by atoms with van der Waals surface area (Å²) in [5.41, 5.74) is 1.11. The monoisotopic (exact) mass is 278 g/mol. The number of amides is 1. The standard InChI is InChI=1S/C13H14N2O3S/c16-11(17)8-10-12(18)15(13(19)14-10)7-6-9-4-2-1-3-5-9/h1-5,10H,6-8H2,(H,14,19)(H,16,17)/t10-/m1/s1. The van der Waals surface area contributed by atoms with Crippen molar-refractivity contribution < 1.29 is 14.7 Å². The lowest BCUT2D eigenvalue weighted by molar-refractivity contribution is -0.140. The molecule has 0 radical (unpaired) electrons. The molecule has 1 aliphatic heterocycles. The lowest BCUT2D eigenvalue weighted by Gasteiger charge is -2.14. The maximum absolute atomic E-state index is 12.0. The molecule has 2 rings (SSSR count). The second-order valence-electron chi connectivity index (χ2n) is 4.33. The molecule has 5 nitrogen and oxygen atoms in total. The summed E-state index contributed by atoms with van der Waals surface area (Å²) in [7, 11) is 0. The first-order valence-electron chi connectivity index (χ1n) is 5.95. The molecule has 0 aliphatic carbocycles. The van der Waals surface area contributed by atoms with Crippen LogP contribution in [0.4, 0.5) is 0 Å². The number of rotatable bonds is 5. The molecule has 0 aromatic heterocycles. The Hall–Kier alpha value is -1.95. The molecule has 1 saturated heterocycles. The van der Waals surface area contributed by atoms with Crippen molar-refractivity contribution >= 4 is 29.2 Å². The zero-order valence-electron chi connectivity index (χ0n) is 10.2. The molecule has 2 N–H and O–H groups in total. The quantitative estimate of drug-likeness (QED) is 0.779. The maximum atomic E-state index is 12.0. The van der Waals surface area contributed by atoms with E-state index in [2.05, 4.69) is 5.32 Å². The Balaban J connectivity index is 1.95. The number of nitrogens with one attached hydrogen (secondary N) is 1. The third kappa shape index (κ3) is 3.29. The van der Waals surface area contributed by atoms with Crippen LogP contribution in [0.2, 0.25) is 0 Å². The summed E-state index contributed by atoms with van der Waals surface area (Å²) >= 11 is 5.06. The Bertz CT molecular complexity index is 504. The van der Waals surface area contributed by atoms with Gasteiger partial charge in [0.25, 0.3) is 5.91 Å². The van der Waals surface area contributed by atoms with E-state index in [0.717, 1.165) is 5.56 Å². The second kappa shape index (κ2) is 5.79. The van der Waals surface area contributed by atoms with E-state index in [1.807, 2.05) is 30.3 Å². The van der Waals surface area contributed by atoms with E-state index < -0.39 is 12.0 Å². The average molecular weight is 278 g/mol. The smallest absolute Gasteiger partial charge is 0.305 e. The van der Waals surface area contributed by atoms with Crippen LogP contribution in [0.1, 0.15) is 12.0 Å². The predicted octanol–water partition coefficient (Wildman–Crippen LogP) is 0.789. The zero-order valence-corrected chi connectivity index (χ0v) is 11.0.